The molecule has 4 N–H and O–H groups in total. The number of alkyl halides is 3. The van der Waals surface area contributed by atoms with Crippen molar-refractivity contribution in [1.29, 1.82) is 0 Å². The Kier molecular flexibility index (Phi) is 7.39. The van der Waals surface area contributed by atoms with Crippen LogP contribution in [0.2, 0.25) is 0 Å². The van der Waals surface area contributed by atoms with Gasteiger partial charge < -0.3 is 26.0 Å². The van der Waals surface area contributed by atoms with Crippen molar-refractivity contribution in [2.24, 2.45) is 11.7 Å². The molecule has 0 saturated carbocycles. The molecular weight excluding hydrogens is 377 g/mol. The van der Waals surface area contributed by atoms with Crippen LogP contribution in [0.25, 0.3) is 0 Å². The number of carbonyl (C=O) groups excluding carboxylic acids is 2. The Hall–Kier alpha value is -2.17. The zero-order chi connectivity index (χ0) is 20.9. The third-order valence-corrected chi connectivity index (χ3v) is 4.19. The summed E-state index contributed by atoms with van der Waals surface area (Å²) in [6, 6.07) is 2.56. The van der Waals surface area contributed by atoms with Gasteiger partial charge in [0.2, 0.25) is 5.91 Å². The van der Waals surface area contributed by atoms with E-state index < -0.39 is 29.6 Å². The molecule has 1 aliphatic heterocycles. The first-order chi connectivity index (χ1) is 13.1. The lowest BCUT2D eigenvalue weighted by Crippen LogP contribution is -2.47. The van der Waals surface area contributed by atoms with E-state index in [1.807, 2.05) is 13.8 Å². The standard InChI is InChI=1S/C18H25F3N4O3/c1-11(2)9-23-15(8-22)17(27)24-14-4-3-12(7-13(14)18(19,20)21)25-5-6-28-10-16(25)26/h3-4,7,11,15,23H,5-6,8-10,22H2,1-2H3,(H,24,27)/t15-/m1/s1. The van der Waals surface area contributed by atoms with E-state index in [1.54, 1.807) is 0 Å². The number of hydrogen-bond acceptors (Lipinski definition) is 5. The SMILES string of the molecule is CC(C)CN[C@H](CN)C(=O)Nc1ccc(N2CCOCC2=O)cc1C(F)(F)F. The Labute approximate surface area is 161 Å². The van der Waals surface area contributed by atoms with Crippen LogP contribution < -0.4 is 21.3 Å². The van der Waals surface area contributed by atoms with E-state index in [4.69, 9.17) is 10.5 Å². The summed E-state index contributed by atoms with van der Waals surface area (Å²) in [7, 11) is 0. The van der Waals surface area contributed by atoms with Gasteiger partial charge in [-0.3, -0.25) is 9.59 Å². The fourth-order valence-corrected chi connectivity index (χ4v) is 2.72. The maximum absolute atomic E-state index is 13.6. The molecule has 10 heteroatoms. The van der Waals surface area contributed by atoms with Gasteiger partial charge in [0, 0.05) is 18.8 Å². The lowest BCUT2D eigenvalue weighted by molar-refractivity contribution is -0.137. The number of benzene rings is 1. The highest BCUT2D eigenvalue weighted by Gasteiger charge is 2.35. The van der Waals surface area contributed by atoms with E-state index in [2.05, 4.69) is 10.6 Å². The summed E-state index contributed by atoms with van der Waals surface area (Å²) in [5, 5.41) is 5.23. The lowest BCUT2D eigenvalue weighted by Gasteiger charge is -2.28. The van der Waals surface area contributed by atoms with Crippen molar-refractivity contribution in [3.8, 4) is 0 Å². The molecule has 156 valence electrons. The van der Waals surface area contributed by atoms with Crippen LogP contribution in [0.5, 0.6) is 0 Å². The van der Waals surface area contributed by atoms with Gasteiger partial charge >= 0.3 is 6.18 Å². The number of nitrogens with two attached hydrogens (primary N) is 1. The highest BCUT2D eigenvalue weighted by molar-refractivity contribution is 5.97. The van der Waals surface area contributed by atoms with Crippen molar-refractivity contribution in [2.45, 2.75) is 26.1 Å². The van der Waals surface area contributed by atoms with Gasteiger partial charge in [0.15, 0.2) is 0 Å². The van der Waals surface area contributed by atoms with Gasteiger partial charge in [-0.15, -0.1) is 0 Å². The van der Waals surface area contributed by atoms with Crippen LogP contribution in [-0.4, -0.2) is 50.7 Å². The lowest BCUT2D eigenvalue weighted by atomic mass is 10.1. The number of halogens is 3. The molecule has 1 heterocycles. The number of rotatable bonds is 7. The number of hydrogen-bond donors (Lipinski definition) is 3. The first kappa shape index (κ1) is 22.1. The van der Waals surface area contributed by atoms with Gasteiger partial charge in [-0.2, -0.15) is 13.2 Å². The molecule has 0 unspecified atom stereocenters. The summed E-state index contributed by atoms with van der Waals surface area (Å²) >= 11 is 0. The molecule has 1 aromatic rings. The van der Waals surface area contributed by atoms with E-state index in [1.165, 1.54) is 11.0 Å². The summed E-state index contributed by atoms with van der Waals surface area (Å²) in [5.74, 6) is -0.820. The average molecular weight is 402 g/mol. The minimum Gasteiger partial charge on any atom is -0.370 e. The molecule has 0 bridgehead atoms. The Morgan fingerprint density at radius 1 is 1.36 bits per heavy atom. The first-order valence-corrected chi connectivity index (χ1v) is 8.97. The van der Waals surface area contributed by atoms with E-state index in [-0.39, 0.29) is 43.6 Å². The number of ether oxygens (including phenoxy) is 1. The highest BCUT2D eigenvalue weighted by atomic mass is 19.4. The van der Waals surface area contributed by atoms with Crippen molar-refractivity contribution in [3.63, 3.8) is 0 Å². The van der Waals surface area contributed by atoms with Gasteiger partial charge in [-0.1, -0.05) is 13.8 Å². The number of amides is 2. The monoisotopic (exact) mass is 402 g/mol. The van der Waals surface area contributed by atoms with Crippen LogP contribution in [0.3, 0.4) is 0 Å². The summed E-state index contributed by atoms with van der Waals surface area (Å²) in [5.41, 5.74) is 4.26. The normalized spacial score (nSPS) is 16.4. The summed E-state index contributed by atoms with van der Waals surface area (Å²) in [6.45, 7) is 4.54. The zero-order valence-electron chi connectivity index (χ0n) is 15.8. The van der Waals surface area contributed by atoms with E-state index in [0.717, 1.165) is 12.1 Å². The number of nitrogens with zero attached hydrogens (tertiary/aromatic N) is 1. The maximum Gasteiger partial charge on any atom is 0.418 e. The highest BCUT2D eigenvalue weighted by Crippen LogP contribution is 2.37. The van der Waals surface area contributed by atoms with Gasteiger partial charge in [0.25, 0.3) is 5.91 Å². The Bertz CT molecular complexity index is 710. The van der Waals surface area contributed by atoms with E-state index in [0.29, 0.717) is 6.54 Å². The molecular formula is C18H25F3N4O3. The van der Waals surface area contributed by atoms with Gasteiger partial charge in [0.05, 0.1) is 23.9 Å². The molecule has 28 heavy (non-hydrogen) atoms. The Morgan fingerprint density at radius 3 is 2.64 bits per heavy atom. The van der Waals surface area contributed by atoms with E-state index in [9.17, 15) is 22.8 Å². The molecule has 0 aliphatic carbocycles. The number of carbonyl (C=O) groups is 2. The van der Waals surface area contributed by atoms with Crippen LogP contribution in [0.1, 0.15) is 19.4 Å². The summed E-state index contributed by atoms with van der Waals surface area (Å²) in [4.78, 5) is 25.5. The molecule has 0 spiro atoms. The minimum absolute atomic E-state index is 0.0553. The average Bonchev–Trinajstić information content (AvgIpc) is 2.62. The minimum atomic E-state index is -4.71. The van der Waals surface area contributed by atoms with Crippen LogP contribution in [0.15, 0.2) is 18.2 Å². The molecule has 1 fully saturated rings. The van der Waals surface area contributed by atoms with Gasteiger partial charge in [-0.25, -0.2) is 0 Å². The second-order valence-corrected chi connectivity index (χ2v) is 6.91. The number of morpholine rings is 1. The molecule has 0 aromatic heterocycles. The maximum atomic E-state index is 13.6. The molecule has 1 aliphatic rings. The van der Waals surface area contributed by atoms with Crippen molar-refractivity contribution < 1.29 is 27.5 Å². The fraction of sp³-hybridized carbons (Fsp3) is 0.556. The van der Waals surface area contributed by atoms with Crippen molar-refractivity contribution >= 4 is 23.2 Å². The third kappa shape index (κ3) is 5.66. The van der Waals surface area contributed by atoms with Crippen molar-refractivity contribution in [3.05, 3.63) is 23.8 Å². The molecule has 1 saturated heterocycles. The molecule has 0 radical (unpaired) electrons. The van der Waals surface area contributed by atoms with Crippen molar-refractivity contribution in [2.75, 3.05) is 43.1 Å². The topological polar surface area (TPSA) is 96.7 Å². The Morgan fingerprint density at radius 2 is 2.07 bits per heavy atom. The smallest absolute Gasteiger partial charge is 0.370 e. The van der Waals surface area contributed by atoms with Crippen LogP contribution in [0, 0.1) is 5.92 Å². The van der Waals surface area contributed by atoms with Crippen LogP contribution in [-0.2, 0) is 20.5 Å². The van der Waals surface area contributed by atoms with Crippen LogP contribution in [0.4, 0.5) is 24.5 Å². The third-order valence-electron chi connectivity index (χ3n) is 4.19. The molecule has 1 atom stereocenters. The fourth-order valence-electron chi connectivity index (χ4n) is 2.72. The van der Waals surface area contributed by atoms with Gasteiger partial charge in [-0.05, 0) is 30.7 Å². The molecule has 7 nitrogen and oxygen atoms in total. The predicted molar refractivity (Wildman–Crippen MR) is 98.9 cm³/mol. The number of anilines is 2. The molecule has 2 amide bonds. The second kappa shape index (κ2) is 9.35. The quantitative estimate of drug-likeness (QED) is 0.644. The molecule has 2 rings (SSSR count). The zero-order valence-corrected chi connectivity index (χ0v) is 15.8. The van der Waals surface area contributed by atoms with E-state index >= 15 is 0 Å². The first-order valence-electron chi connectivity index (χ1n) is 8.97. The number of nitrogens with one attached hydrogen (secondary N) is 2. The van der Waals surface area contributed by atoms with Gasteiger partial charge in [0.1, 0.15) is 6.61 Å². The largest absolute Gasteiger partial charge is 0.418 e. The van der Waals surface area contributed by atoms with Crippen LogP contribution >= 0.6 is 0 Å². The summed E-state index contributed by atoms with van der Waals surface area (Å²) in [6.07, 6.45) is -4.71. The second-order valence-electron chi connectivity index (χ2n) is 6.91. The Balaban J connectivity index is 2.25. The predicted octanol–water partition coefficient (Wildman–Crippen LogP) is 1.58. The van der Waals surface area contributed by atoms with Crippen molar-refractivity contribution in [1.82, 2.24) is 5.32 Å². The summed E-state index contributed by atoms with van der Waals surface area (Å²) < 4.78 is 45.7. The molecule has 1 aromatic carbocycles.